The van der Waals surface area contributed by atoms with Crippen molar-refractivity contribution in [2.75, 3.05) is 30.3 Å². The van der Waals surface area contributed by atoms with Gasteiger partial charge in [-0.1, -0.05) is 0 Å². The number of ether oxygens (including phenoxy) is 1. The Balaban J connectivity index is 1.64. The van der Waals surface area contributed by atoms with Crippen LogP contribution < -0.4 is 4.90 Å². The average Bonchev–Trinajstić information content (AvgIpc) is 2.68. The molecule has 2 atom stereocenters. The van der Waals surface area contributed by atoms with Crippen LogP contribution in [0.3, 0.4) is 0 Å². The molecule has 1 amide bonds. The van der Waals surface area contributed by atoms with Gasteiger partial charge in [0, 0.05) is 52.4 Å². The lowest BCUT2D eigenvalue weighted by Crippen LogP contribution is -2.49. The number of carbonyl (C=O) groups is 1. The van der Waals surface area contributed by atoms with Gasteiger partial charge in [0.25, 0.3) is 0 Å². The number of benzene rings is 1. The fraction of sp³-hybridized carbons (Fsp3) is 0.632. The number of fused-ring (bicyclic) bond motifs is 3. The first kappa shape index (κ1) is 17.8. The molecule has 3 heterocycles. The molecule has 136 valence electrons. The normalized spacial score (nSPS) is 25.3. The van der Waals surface area contributed by atoms with Gasteiger partial charge in [0.05, 0.1) is 0 Å². The highest BCUT2D eigenvalue weighted by molar-refractivity contribution is 14.1. The van der Waals surface area contributed by atoms with Gasteiger partial charge in [-0.15, -0.1) is 0 Å². The van der Waals surface area contributed by atoms with Gasteiger partial charge in [-0.25, -0.2) is 4.79 Å². The van der Waals surface area contributed by atoms with Crippen molar-refractivity contribution in [3.63, 3.8) is 0 Å². The second-order valence-electron chi connectivity index (χ2n) is 8.14. The molecule has 1 saturated heterocycles. The summed E-state index contributed by atoms with van der Waals surface area (Å²) in [5.74, 6) is 2.70. The monoisotopic (exact) mass is 472 g/mol. The number of hydrogen-bond donors (Lipinski definition) is 0. The molecule has 1 fully saturated rings. The minimum Gasteiger partial charge on any atom is -0.444 e. The van der Waals surface area contributed by atoms with E-state index in [1.54, 1.807) is 0 Å². The molecule has 0 aliphatic carbocycles. The topological polar surface area (TPSA) is 32.8 Å². The van der Waals surface area contributed by atoms with Gasteiger partial charge in [0.2, 0.25) is 0 Å². The van der Waals surface area contributed by atoms with Crippen molar-refractivity contribution < 1.29 is 9.53 Å². The Hall–Kier alpha value is -0.630. The molecule has 0 radical (unpaired) electrons. The second-order valence-corrected chi connectivity index (χ2v) is 10.5. The van der Waals surface area contributed by atoms with Gasteiger partial charge in [-0.3, -0.25) is 0 Å². The van der Waals surface area contributed by atoms with Gasteiger partial charge in [0.15, 0.2) is 0 Å². The van der Waals surface area contributed by atoms with Crippen LogP contribution in [0.25, 0.3) is 0 Å². The van der Waals surface area contributed by atoms with Crippen LogP contribution in [0, 0.1) is 3.57 Å². The van der Waals surface area contributed by atoms with E-state index in [-0.39, 0.29) is 6.09 Å². The number of carbonyl (C=O) groups excluding carboxylic acids is 1. The molecule has 4 nitrogen and oxygen atoms in total. The maximum absolute atomic E-state index is 12.6. The van der Waals surface area contributed by atoms with Crippen molar-refractivity contribution in [3.8, 4) is 0 Å². The fourth-order valence-electron chi connectivity index (χ4n) is 4.32. The van der Waals surface area contributed by atoms with Gasteiger partial charge in [-0.05, 0) is 73.0 Å². The standard InChI is InChI=1S/C19H25IN2O2S/c1-19(2,3)24-18(23)21-5-4-16-15(10-21)14-9-13(20)8-12-11-25-7-6-22(16)17(12)14/h8-9,15-16H,4-7,10-11H2,1-3H3/t15-,16-/m0/s1. The SMILES string of the molecule is CC(C)(C)OC(=O)N1CC[C@H]2[C@@H](C1)c1cc(I)cc3c1N2CCSC3. The number of amides is 1. The van der Waals surface area contributed by atoms with Crippen molar-refractivity contribution >= 4 is 46.1 Å². The molecule has 6 heteroatoms. The first-order valence-corrected chi connectivity index (χ1v) is 11.2. The zero-order chi connectivity index (χ0) is 17.8. The van der Waals surface area contributed by atoms with Crippen molar-refractivity contribution in [2.24, 2.45) is 0 Å². The van der Waals surface area contributed by atoms with Crippen molar-refractivity contribution in [3.05, 3.63) is 26.8 Å². The summed E-state index contributed by atoms with van der Waals surface area (Å²) < 4.78 is 6.92. The zero-order valence-electron chi connectivity index (χ0n) is 15.0. The smallest absolute Gasteiger partial charge is 0.410 e. The summed E-state index contributed by atoms with van der Waals surface area (Å²) in [5.41, 5.74) is 3.95. The molecule has 25 heavy (non-hydrogen) atoms. The van der Waals surface area contributed by atoms with Crippen molar-refractivity contribution in [1.29, 1.82) is 0 Å². The van der Waals surface area contributed by atoms with E-state index >= 15 is 0 Å². The third kappa shape index (κ3) is 3.36. The third-order valence-electron chi connectivity index (χ3n) is 5.23. The lowest BCUT2D eigenvalue weighted by atomic mass is 9.89. The molecule has 1 aromatic carbocycles. The number of hydrogen-bond acceptors (Lipinski definition) is 4. The molecular formula is C19H25IN2O2S. The van der Waals surface area contributed by atoms with Crippen LogP contribution in [0.1, 0.15) is 44.2 Å². The zero-order valence-corrected chi connectivity index (χ0v) is 18.0. The number of nitrogens with zero attached hydrogens (tertiary/aromatic N) is 2. The minimum absolute atomic E-state index is 0.167. The van der Waals surface area contributed by atoms with Crippen LogP contribution in [0.15, 0.2) is 12.1 Å². The van der Waals surface area contributed by atoms with Crippen LogP contribution in [0.5, 0.6) is 0 Å². The lowest BCUT2D eigenvalue weighted by Gasteiger charge is -2.39. The molecule has 0 saturated carbocycles. The summed E-state index contributed by atoms with van der Waals surface area (Å²) in [7, 11) is 0. The fourth-order valence-corrected chi connectivity index (χ4v) is 5.94. The van der Waals surface area contributed by atoms with Gasteiger partial charge < -0.3 is 14.5 Å². The van der Waals surface area contributed by atoms with Crippen LogP contribution in [-0.2, 0) is 10.5 Å². The molecule has 3 aliphatic heterocycles. The summed E-state index contributed by atoms with van der Waals surface area (Å²) in [6.45, 7) is 8.49. The molecular weight excluding hydrogens is 447 g/mol. The average molecular weight is 472 g/mol. The van der Waals surface area contributed by atoms with Crippen molar-refractivity contribution in [2.45, 2.75) is 50.5 Å². The van der Waals surface area contributed by atoms with Crippen LogP contribution in [0.2, 0.25) is 0 Å². The first-order valence-electron chi connectivity index (χ1n) is 8.98. The predicted molar refractivity (Wildman–Crippen MR) is 112 cm³/mol. The van der Waals surface area contributed by atoms with E-state index in [1.807, 2.05) is 37.4 Å². The maximum Gasteiger partial charge on any atom is 0.410 e. The Morgan fingerprint density at radius 1 is 1.32 bits per heavy atom. The Kier molecular flexibility index (Phi) is 4.63. The quantitative estimate of drug-likeness (QED) is 0.523. The molecule has 0 N–H and O–H groups in total. The Morgan fingerprint density at radius 2 is 2.12 bits per heavy atom. The molecule has 0 aromatic heterocycles. The second kappa shape index (κ2) is 6.51. The lowest BCUT2D eigenvalue weighted by molar-refractivity contribution is 0.0189. The van der Waals surface area contributed by atoms with E-state index in [0.29, 0.717) is 12.0 Å². The van der Waals surface area contributed by atoms with E-state index in [9.17, 15) is 4.79 Å². The summed E-state index contributed by atoms with van der Waals surface area (Å²) in [6.07, 6.45) is 0.860. The number of piperidine rings is 1. The summed E-state index contributed by atoms with van der Waals surface area (Å²) in [6, 6.07) is 5.21. The molecule has 3 aliphatic rings. The first-order chi connectivity index (χ1) is 11.8. The molecule has 1 aromatic rings. The molecule has 0 spiro atoms. The highest BCUT2D eigenvalue weighted by Gasteiger charge is 2.44. The highest BCUT2D eigenvalue weighted by atomic mass is 127. The summed E-state index contributed by atoms with van der Waals surface area (Å²) in [4.78, 5) is 17.1. The van der Waals surface area contributed by atoms with Gasteiger partial charge in [0.1, 0.15) is 5.60 Å². The molecule has 4 rings (SSSR count). The third-order valence-corrected chi connectivity index (χ3v) is 6.84. The summed E-state index contributed by atoms with van der Waals surface area (Å²) in [5, 5.41) is 0. The van der Waals surface area contributed by atoms with Gasteiger partial charge in [-0.2, -0.15) is 11.8 Å². The Morgan fingerprint density at radius 3 is 2.88 bits per heavy atom. The van der Waals surface area contributed by atoms with E-state index in [0.717, 1.165) is 31.8 Å². The van der Waals surface area contributed by atoms with Crippen LogP contribution in [-0.4, -0.2) is 48.0 Å². The predicted octanol–water partition coefficient (Wildman–Crippen LogP) is 4.45. The van der Waals surface area contributed by atoms with E-state index in [4.69, 9.17) is 4.74 Å². The summed E-state index contributed by atoms with van der Waals surface area (Å²) >= 11 is 4.47. The number of halogens is 1. The number of likely N-dealkylation sites (tertiary alicyclic amines) is 1. The number of anilines is 1. The highest BCUT2D eigenvalue weighted by Crippen LogP contribution is 2.49. The number of rotatable bonds is 0. The maximum atomic E-state index is 12.6. The molecule has 0 unspecified atom stereocenters. The van der Waals surface area contributed by atoms with Gasteiger partial charge >= 0.3 is 6.09 Å². The van der Waals surface area contributed by atoms with E-state index < -0.39 is 5.60 Å². The number of thioether (sulfide) groups is 1. The largest absolute Gasteiger partial charge is 0.444 e. The van der Waals surface area contributed by atoms with Crippen LogP contribution in [0.4, 0.5) is 10.5 Å². The van der Waals surface area contributed by atoms with E-state index in [1.165, 1.54) is 26.1 Å². The Bertz CT molecular complexity index is 703. The Labute approximate surface area is 167 Å². The minimum atomic E-state index is -0.436. The van der Waals surface area contributed by atoms with E-state index in [2.05, 4.69) is 39.6 Å². The van der Waals surface area contributed by atoms with Crippen molar-refractivity contribution in [1.82, 2.24) is 4.90 Å². The molecule has 0 bridgehead atoms. The van der Waals surface area contributed by atoms with Crippen LogP contribution >= 0.6 is 34.4 Å².